The molecule has 0 atom stereocenters. The van der Waals surface area contributed by atoms with Crippen molar-refractivity contribution in [2.45, 2.75) is 52.9 Å². The van der Waals surface area contributed by atoms with Crippen molar-refractivity contribution >= 4 is 0 Å². The summed E-state index contributed by atoms with van der Waals surface area (Å²) < 4.78 is 5.34. The van der Waals surface area contributed by atoms with Crippen LogP contribution in [-0.2, 0) is 4.74 Å². The van der Waals surface area contributed by atoms with Gasteiger partial charge in [0.15, 0.2) is 0 Å². The first-order valence-corrected chi connectivity index (χ1v) is 6.88. The van der Waals surface area contributed by atoms with Crippen molar-refractivity contribution in [3.63, 3.8) is 0 Å². The molecule has 1 aliphatic rings. The van der Waals surface area contributed by atoms with Gasteiger partial charge in [0.05, 0.1) is 13.2 Å². The summed E-state index contributed by atoms with van der Waals surface area (Å²) in [6.45, 7) is 12.4. The molecule has 0 radical (unpaired) electrons. The zero-order valence-electron chi connectivity index (χ0n) is 11.4. The smallest absolute Gasteiger partial charge is 0.0594 e. The second-order valence-electron chi connectivity index (χ2n) is 6.18. The standard InChI is InChI=1S/C14H29NO/c1-14(2,3)8-6-4-5-7-9-15-10-12-16-13-11-15/h4-13H2,1-3H3. The molecule has 1 heterocycles. The summed E-state index contributed by atoms with van der Waals surface area (Å²) in [7, 11) is 0. The molecular weight excluding hydrogens is 198 g/mol. The fourth-order valence-corrected chi connectivity index (χ4v) is 2.17. The number of rotatable bonds is 6. The zero-order valence-corrected chi connectivity index (χ0v) is 11.4. The van der Waals surface area contributed by atoms with E-state index in [1.165, 1.54) is 38.6 Å². The summed E-state index contributed by atoms with van der Waals surface area (Å²) in [6.07, 6.45) is 6.93. The number of morpholine rings is 1. The lowest BCUT2D eigenvalue weighted by Gasteiger charge is -2.26. The predicted molar refractivity (Wildman–Crippen MR) is 69.8 cm³/mol. The molecule has 0 bridgehead atoms. The van der Waals surface area contributed by atoms with Gasteiger partial charge in [-0.3, -0.25) is 4.90 Å². The number of unbranched alkanes of at least 4 members (excludes halogenated alkanes) is 3. The van der Waals surface area contributed by atoms with Crippen molar-refractivity contribution in [1.82, 2.24) is 4.90 Å². The van der Waals surface area contributed by atoms with Gasteiger partial charge in [0.2, 0.25) is 0 Å². The third-order valence-corrected chi connectivity index (χ3v) is 3.25. The summed E-state index contributed by atoms with van der Waals surface area (Å²) in [5.74, 6) is 0. The first-order chi connectivity index (χ1) is 7.58. The molecule has 0 amide bonds. The molecule has 96 valence electrons. The third kappa shape index (κ3) is 7.24. The van der Waals surface area contributed by atoms with Gasteiger partial charge in [0.25, 0.3) is 0 Å². The summed E-state index contributed by atoms with van der Waals surface area (Å²) in [5.41, 5.74) is 0.518. The minimum Gasteiger partial charge on any atom is -0.379 e. The van der Waals surface area contributed by atoms with Crippen LogP contribution in [0.25, 0.3) is 0 Å². The molecule has 0 unspecified atom stereocenters. The molecule has 1 rings (SSSR count). The fourth-order valence-electron chi connectivity index (χ4n) is 2.17. The van der Waals surface area contributed by atoms with Crippen LogP contribution in [0.2, 0.25) is 0 Å². The number of hydrogen-bond donors (Lipinski definition) is 0. The van der Waals surface area contributed by atoms with E-state index < -0.39 is 0 Å². The average Bonchev–Trinajstić information content (AvgIpc) is 2.23. The van der Waals surface area contributed by atoms with Gasteiger partial charge in [-0.2, -0.15) is 0 Å². The summed E-state index contributed by atoms with van der Waals surface area (Å²) >= 11 is 0. The largest absolute Gasteiger partial charge is 0.379 e. The van der Waals surface area contributed by atoms with Crippen molar-refractivity contribution in [3.05, 3.63) is 0 Å². The minimum absolute atomic E-state index is 0.518. The van der Waals surface area contributed by atoms with Gasteiger partial charge in [-0.15, -0.1) is 0 Å². The molecule has 0 spiro atoms. The number of hydrogen-bond acceptors (Lipinski definition) is 2. The molecule has 1 fully saturated rings. The highest BCUT2D eigenvalue weighted by atomic mass is 16.5. The monoisotopic (exact) mass is 227 g/mol. The maximum Gasteiger partial charge on any atom is 0.0594 e. The van der Waals surface area contributed by atoms with Crippen molar-refractivity contribution in [2.24, 2.45) is 5.41 Å². The number of nitrogens with zero attached hydrogens (tertiary/aromatic N) is 1. The Morgan fingerprint density at radius 1 is 0.938 bits per heavy atom. The Kier molecular flexibility index (Phi) is 6.37. The first-order valence-electron chi connectivity index (χ1n) is 6.88. The van der Waals surface area contributed by atoms with E-state index in [0.29, 0.717) is 5.41 Å². The Balaban J connectivity index is 1.87. The van der Waals surface area contributed by atoms with Crippen LogP contribution in [0, 0.1) is 5.41 Å². The number of ether oxygens (including phenoxy) is 1. The Labute approximate surface area is 101 Å². The lowest BCUT2D eigenvalue weighted by molar-refractivity contribution is 0.0371. The third-order valence-electron chi connectivity index (χ3n) is 3.25. The summed E-state index contributed by atoms with van der Waals surface area (Å²) in [6, 6.07) is 0. The van der Waals surface area contributed by atoms with E-state index in [1.54, 1.807) is 0 Å². The quantitative estimate of drug-likeness (QED) is 0.645. The van der Waals surface area contributed by atoms with Gasteiger partial charge in [0, 0.05) is 13.1 Å². The van der Waals surface area contributed by atoms with Crippen molar-refractivity contribution in [1.29, 1.82) is 0 Å². The first kappa shape index (κ1) is 14.0. The molecule has 0 aliphatic carbocycles. The fraction of sp³-hybridized carbons (Fsp3) is 1.00. The van der Waals surface area contributed by atoms with Crippen LogP contribution in [-0.4, -0.2) is 37.7 Å². The van der Waals surface area contributed by atoms with Gasteiger partial charge in [0.1, 0.15) is 0 Å². The van der Waals surface area contributed by atoms with Crippen LogP contribution in [0.4, 0.5) is 0 Å². The van der Waals surface area contributed by atoms with Gasteiger partial charge in [-0.05, 0) is 24.8 Å². The molecule has 0 aromatic rings. The lowest BCUT2D eigenvalue weighted by Crippen LogP contribution is -2.36. The lowest BCUT2D eigenvalue weighted by atomic mass is 9.89. The molecule has 0 saturated carbocycles. The highest BCUT2D eigenvalue weighted by Crippen LogP contribution is 2.22. The second kappa shape index (κ2) is 7.29. The van der Waals surface area contributed by atoms with Crippen LogP contribution in [0.5, 0.6) is 0 Å². The van der Waals surface area contributed by atoms with Gasteiger partial charge in [-0.1, -0.05) is 40.0 Å². The Hall–Kier alpha value is -0.0800. The molecular formula is C14H29NO. The predicted octanol–water partition coefficient (Wildman–Crippen LogP) is 3.32. The van der Waals surface area contributed by atoms with Crippen molar-refractivity contribution in [3.8, 4) is 0 Å². The van der Waals surface area contributed by atoms with Crippen molar-refractivity contribution in [2.75, 3.05) is 32.8 Å². The molecule has 2 nitrogen and oxygen atoms in total. The Bertz CT molecular complexity index is 168. The maximum absolute atomic E-state index is 5.34. The van der Waals surface area contributed by atoms with Gasteiger partial charge >= 0.3 is 0 Å². The van der Waals surface area contributed by atoms with Crippen LogP contribution >= 0.6 is 0 Å². The molecule has 1 aliphatic heterocycles. The highest BCUT2D eigenvalue weighted by Gasteiger charge is 2.10. The molecule has 0 aromatic carbocycles. The van der Waals surface area contributed by atoms with E-state index in [0.717, 1.165) is 26.3 Å². The SMILES string of the molecule is CC(C)(C)CCCCCCN1CCOCC1. The van der Waals surface area contributed by atoms with Gasteiger partial charge < -0.3 is 4.74 Å². The van der Waals surface area contributed by atoms with E-state index in [1.807, 2.05) is 0 Å². The molecule has 0 N–H and O–H groups in total. The normalized spacial score (nSPS) is 18.9. The maximum atomic E-state index is 5.34. The Morgan fingerprint density at radius 2 is 1.56 bits per heavy atom. The van der Waals surface area contributed by atoms with E-state index in [9.17, 15) is 0 Å². The zero-order chi connectivity index (χ0) is 11.9. The highest BCUT2D eigenvalue weighted by molar-refractivity contribution is 4.63. The van der Waals surface area contributed by atoms with Crippen LogP contribution in [0.3, 0.4) is 0 Å². The summed E-state index contributed by atoms with van der Waals surface area (Å²) in [4.78, 5) is 2.53. The van der Waals surface area contributed by atoms with E-state index >= 15 is 0 Å². The van der Waals surface area contributed by atoms with E-state index in [-0.39, 0.29) is 0 Å². The van der Waals surface area contributed by atoms with Gasteiger partial charge in [-0.25, -0.2) is 0 Å². The van der Waals surface area contributed by atoms with Crippen LogP contribution in [0.1, 0.15) is 52.9 Å². The van der Waals surface area contributed by atoms with Crippen molar-refractivity contribution < 1.29 is 4.74 Å². The Morgan fingerprint density at radius 3 is 2.19 bits per heavy atom. The van der Waals surface area contributed by atoms with E-state index in [4.69, 9.17) is 4.74 Å². The molecule has 0 aromatic heterocycles. The van der Waals surface area contributed by atoms with E-state index in [2.05, 4.69) is 25.7 Å². The van der Waals surface area contributed by atoms with Crippen LogP contribution < -0.4 is 0 Å². The summed E-state index contributed by atoms with van der Waals surface area (Å²) in [5, 5.41) is 0. The molecule has 2 heteroatoms. The minimum atomic E-state index is 0.518. The second-order valence-corrected chi connectivity index (χ2v) is 6.18. The average molecular weight is 227 g/mol. The molecule has 16 heavy (non-hydrogen) atoms. The molecule has 1 saturated heterocycles. The topological polar surface area (TPSA) is 12.5 Å². The van der Waals surface area contributed by atoms with Crippen LogP contribution in [0.15, 0.2) is 0 Å².